The first-order chi connectivity index (χ1) is 16.0. The maximum atomic E-state index is 13.3. The first kappa shape index (κ1) is 22.7. The van der Waals surface area contributed by atoms with Crippen molar-refractivity contribution >= 4 is 11.8 Å². The minimum atomic E-state index is -0.788. The molecular weight excluding hydrogens is 432 g/mol. The number of ketones is 1. The van der Waals surface area contributed by atoms with Gasteiger partial charge >= 0.3 is 5.97 Å². The van der Waals surface area contributed by atoms with Gasteiger partial charge in [-0.15, -0.1) is 0 Å². The Balaban J connectivity index is 1.36. The first-order valence-corrected chi connectivity index (χ1v) is 12.8. The average molecular weight is 469 g/mol. The maximum absolute atomic E-state index is 13.3. The molecule has 10 unspecified atom stereocenters. The summed E-state index contributed by atoms with van der Waals surface area (Å²) < 4.78 is 12.0. The van der Waals surface area contributed by atoms with E-state index in [4.69, 9.17) is 9.47 Å². The number of aliphatic hydroxyl groups is 2. The van der Waals surface area contributed by atoms with Gasteiger partial charge in [-0.05, 0) is 70.4 Å². The molecule has 2 fully saturated rings. The summed E-state index contributed by atoms with van der Waals surface area (Å²) in [5.41, 5.74) is 2.32. The van der Waals surface area contributed by atoms with Crippen molar-refractivity contribution in [2.24, 2.45) is 28.6 Å². The van der Waals surface area contributed by atoms with Gasteiger partial charge in [0.25, 0.3) is 0 Å². The summed E-state index contributed by atoms with van der Waals surface area (Å²) in [6.07, 6.45) is 5.17. The second-order valence-electron chi connectivity index (χ2n) is 12.1. The summed E-state index contributed by atoms with van der Waals surface area (Å²) in [5, 5.41) is 22.3. The molecule has 6 nitrogen and oxygen atoms in total. The lowest BCUT2D eigenvalue weighted by atomic mass is 9.48. The first-order valence-electron chi connectivity index (χ1n) is 12.8. The molecule has 184 valence electrons. The molecule has 6 rings (SSSR count). The van der Waals surface area contributed by atoms with Gasteiger partial charge in [0.2, 0.25) is 0 Å². The van der Waals surface area contributed by atoms with Crippen LogP contribution >= 0.6 is 0 Å². The molecule has 4 aliphatic carbocycles. The molecule has 2 heterocycles. The molecule has 1 saturated heterocycles. The Morgan fingerprint density at radius 2 is 1.88 bits per heavy atom. The molecular formula is C28H36O6. The SMILES string of the molecule is CC1=C(C)C(=O)OC(C(C)C2(C)C3=C(CC2O)C2CC4OC45C(O)C=CC(=O)C5(C)C2CC3)C1. The van der Waals surface area contributed by atoms with E-state index in [1.165, 1.54) is 11.1 Å². The van der Waals surface area contributed by atoms with E-state index in [2.05, 4.69) is 13.8 Å². The van der Waals surface area contributed by atoms with Crippen molar-refractivity contribution in [2.75, 3.05) is 0 Å². The van der Waals surface area contributed by atoms with Crippen LogP contribution in [0.3, 0.4) is 0 Å². The van der Waals surface area contributed by atoms with Crippen molar-refractivity contribution in [1.29, 1.82) is 0 Å². The molecule has 6 heteroatoms. The van der Waals surface area contributed by atoms with Crippen molar-refractivity contribution < 1.29 is 29.3 Å². The summed E-state index contributed by atoms with van der Waals surface area (Å²) in [6, 6.07) is 0. The number of carbonyl (C=O) groups excluding carboxylic acids is 2. The Morgan fingerprint density at radius 3 is 2.59 bits per heavy atom. The molecule has 10 atom stereocenters. The normalized spacial score (nSPS) is 50.3. The van der Waals surface area contributed by atoms with E-state index in [1.54, 1.807) is 12.2 Å². The summed E-state index contributed by atoms with van der Waals surface area (Å²) in [4.78, 5) is 25.7. The van der Waals surface area contributed by atoms with E-state index in [-0.39, 0.29) is 41.7 Å². The third kappa shape index (κ3) is 2.47. The number of carbonyl (C=O) groups is 2. The summed E-state index contributed by atoms with van der Waals surface area (Å²) in [7, 11) is 0. The minimum Gasteiger partial charge on any atom is -0.458 e. The summed E-state index contributed by atoms with van der Waals surface area (Å²) in [5.74, 6) is 0.0239. The van der Waals surface area contributed by atoms with E-state index in [1.807, 2.05) is 20.8 Å². The Bertz CT molecular complexity index is 1080. The quantitative estimate of drug-likeness (QED) is 0.366. The summed E-state index contributed by atoms with van der Waals surface area (Å²) in [6.45, 7) is 10.1. The zero-order valence-corrected chi connectivity index (χ0v) is 20.8. The van der Waals surface area contributed by atoms with Crippen molar-refractivity contribution in [2.45, 2.75) is 96.7 Å². The van der Waals surface area contributed by atoms with Crippen LogP contribution in [0.2, 0.25) is 0 Å². The van der Waals surface area contributed by atoms with Gasteiger partial charge < -0.3 is 19.7 Å². The number of epoxide rings is 1. The average Bonchev–Trinajstić information content (AvgIpc) is 3.48. The van der Waals surface area contributed by atoms with Gasteiger partial charge in [-0.1, -0.05) is 30.6 Å². The van der Waals surface area contributed by atoms with Gasteiger partial charge in [0.1, 0.15) is 17.8 Å². The van der Waals surface area contributed by atoms with Gasteiger partial charge in [-0.2, -0.15) is 0 Å². The van der Waals surface area contributed by atoms with Crippen LogP contribution in [0.25, 0.3) is 0 Å². The number of hydrogen-bond donors (Lipinski definition) is 2. The van der Waals surface area contributed by atoms with Gasteiger partial charge in [-0.25, -0.2) is 4.79 Å². The Morgan fingerprint density at radius 1 is 1.15 bits per heavy atom. The molecule has 1 spiro atoms. The lowest BCUT2D eigenvalue weighted by Gasteiger charge is -2.53. The van der Waals surface area contributed by atoms with Crippen LogP contribution in [0.5, 0.6) is 0 Å². The topological polar surface area (TPSA) is 96.4 Å². The lowest BCUT2D eigenvalue weighted by molar-refractivity contribution is -0.152. The monoisotopic (exact) mass is 468 g/mol. The molecule has 0 aromatic carbocycles. The number of aliphatic hydroxyl groups excluding tert-OH is 2. The van der Waals surface area contributed by atoms with Crippen LogP contribution < -0.4 is 0 Å². The smallest absolute Gasteiger partial charge is 0.333 e. The molecule has 2 N–H and O–H groups in total. The third-order valence-electron chi connectivity index (χ3n) is 11.2. The van der Waals surface area contributed by atoms with Crippen LogP contribution in [-0.2, 0) is 19.1 Å². The largest absolute Gasteiger partial charge is 0.458 e. The van der Waals surface area contributed by atoms with E-state index in [0.29, 0.717) is 18.4 Å². The molecule has 34 heavy (non-hydrogen) atoms. The highest BCUT2D eigenvalue weighted by Gasteiger charge is 2.79. The third-order valence-corrected chi connectivity index (χ3v) is 11.2. The van der Waals surface area contributed by atoms with Crippen molar-refractivity contribution in [1.82, 2.24) is 0 Å². The number of rotatable bonds is 2. The lowest BCUT2D eigenvalue weighted by Crippen LogP contribution is -2.61. The molecule has 6 aliphatic rings. The zero-order chi connectivity index (χ0) is 24.4. The fourth-order valence-corrected chi connectivity index (χ4v) is 8.62. The standard InChI is InChI=1S/C28H36O6/c1-13-10-20(33-25(32)14(13)2)15(3)26(4)18-6-7-19-17(16(18)11-23(26)31)12-24-28(34-24)22(30)9-8-21(29)27(19,28)5/h8-9,15,17,19-20,22-24,30-31H,6-7,10-12H2,1-5H3. The Labute approximate surface area is 201 Å². The number of ether oxygens (including phenoxy) is 2. The number of esters is 1. The highest BCUT2D eigenvalue weighted by atomic mass is 16.6. The van der Waals surface area contributed by atoms with E-state index in [0.717, 1.165) is 24.8 Å². The molecule has 0 bridgehead atoms. The molecule has 1 saturated carbocycles. The predicted molar refractivity (Wildman–Crippen MR) is 124 cm³/mol. The van der Waals surface area contributed by atoms with Gasteiger partial charge in [0, 0.05) is 23.3 Å². The second kappa shape index (κ2) is 6.92. The fourth-order valence-electron chi connectivity index (χ4n) is 8.62. The predicted octanol–water partition coefficient (Wildman–Crippen LogP) is 3.42. The van der Waals surface area contributed by atoms with E-state index in [9.17, 15) is 19.8 Å². The zero-order valence-electron chi connectivity index (χ0n) is 20.8. The molecule has 0 radical (unpaired) electrons. The van der Waals surface area contributed by atoms with E-state index >= 15 is 0 Å². The summed E-state index contributed by atoms with van der Waals surface area (Å²) >= 11 is 0. The van der Waals surface area contributed by atoms with Crippen molar-refractivity contribution in [3.05, 3.63) is 34.4 Å². The Kier molecular flexibility index (Phi) is 4.62. The molecule has 0 aromatic heterocycles. The number of hydrogen-bond acceptors (Lipinski definition) is 6. The van der Waals surface area contributed by atoms with Gasteiger partial charge in [0.15, 0.2) is 5.78 Å². The maximum Gasteiger partial charge on any atom is 0.333 e. The van der Waals surface area contributed by atoms with Crippen LogP contribution in [0.1, 0.15) is 66.7 Å². The van der Waals surface area contributed by atoms with Gasteiger partial charge in [0.05, 0.1) is 17.6 Å². The number of fused-ring (bicyclic) bond motifs is 3. The highest BCUT2D eigenvalue weighted by Crippen LogP contribution is 2.70. The number of cyclic esters (lactones) is 1. The second-order valence-corrected chi connectivity index (χ2v) is 12.1. The minimum absolute atomic E-state index is 0.0324. The number of allylic oxidation sites excluding steroid dienone is 1. The Hall–Kier alpha value is -1.76. The van der Waals surface area contributed by atoms with E-state index < -0.39 is 28.6 Å². The van der Waals surface area contributed by atoms with Crippen LogP contribution in [0.15, 0.2) is 34.4 Å². The van der Waals surface area contributed by atoms with Gasteiger partial charge in [-0.3, -0.25) is 4.79 Å². The van der Waals surface area contributed by atoms with Crippen LogP contribution in [0.4, 0.5) is 0 Å². The molecule has 0 amide bonds. The highest BCUT2D eigenvalue weighted by molar-refractivity contribution is 5.98. The van der Waals surface area contributed by atoms with Crippen molar-refractivity contribution in [3.8, 4) is 0 Å². The van der Waals surface area contributed by atoms with Crippen LogP contribution in [-0.4, -0.2) is 52.0 Å². The fraction of sp³-hybridized carbons (Fsp3) is 0.714. The van der Waals surface area contributed by atoms with Crippen molar-refractivity contribution in [3.63, 3.8) is 0 Å². The van der Waals surface area contributed by atoms with Crippen LogP contribution in [0, 0.1) is 28.6 Å². The molecule has 2 aliphatic heterocycles. The molecule has 0 aromatic rings.